The van der Waals surface area contributed by atoms with Gasteiger partial charge in [0.15, 0.2) is 9.84 Å². The first-order valence-electron chi connectivity index (χ1n) is 5.13. The summed E-state index contributed by atoms with van der Waals surface area (Å²) in [6, 6.07) is 0.466. The molecule has 1 heterocycles. The van der Waals surface area contributed by atoms with Crippen molar-refractivity contribution in [1.29, 1.82) is 0 Å². The fourth-order valence-electron chi connectivity index (χ4n) is 1.90. The van der Waals surface area contributed by atoms with E-state index in [1.807, 2.05) is 0 Å². The molecule has 1 N–H and O–H groups in total. The predicted octanol–water partition coefficient (Wildman–Crippen LogP) is 0.706. The Balaban J connectivity index is 1.77. The van der Waals surface area contributed by atoms with Crippen LogP contribution in [-0.4, -0.2) is 32.0 Å². The molecule has 1 aliphatic heterocycles. The van der Waals surface area contributed by atoms with Gasteiger partial charge in [0.2, 0.25) is 0 Å². The highest BCUT2D eigenvalue weighted by Gasteiger charge is 2.35. The van der Waals surface area contributed by atoms with Crippen LogP contribution in [0.2, 0.25) is 0 Å². The van der Waals surface area contributed by atoms with E-state index in [9.17, 15) is 8.42 Å². The van der Waals surface area contributed by atoms with Crippen LogP contribution in [0, 0.1) is 0 Å². The van der Waals surface area contributed by atoms with Crippen LogP contribution >= 0.6 is 0 Å². The van der Waals surface area contributed by atoms with E-state index in [2.05, 4.69) is 5.32 Å². The Labute approximate surface area is 79.8 Å². The molecule has 2 fully saturated rings. The minimum atomic E-state index is -2.71. The van der Waals surface area contributed by atoms with Crippen LogP contribution in [0.5, 0.6) is 0 Å². The average Bonchev–Trinajstić information content (AvgIpc) is 2.82. The fourth-order valence-corrected chi connectivity index (χ4v) is 3.70. The van der Waals surface area contributed by atoms with Crippen molar-refractivity contribution in [2.45, 2.75) is 43.4 Å². The van der Waals surface area contributed by atoms with Gasteiger partial charge in [-0.3, -0.25) is 0 Å². The highest BCUT2D eigenvalue weighted by molar-refractivity contribution is 7.92. The Bertz CT molecular complexity index is 263. The molecule has 1 saturated heterocycles. The second kappa shape index (κ2) is 3.58. The zero-order chi connectivity index (χ0) is 9.31. The molecule has 3 nitrogen and oxygen atoms in total. The van der Waals surface area contributed by atoms with Gasteiger partial charge in [-0.1, -0.05) is 0 Å². The van der Waals surface area contributed by atoms with Crippen LogP contribution in [0.15, 0.2) is 0 Å². The molecule has 76 valence electrons. The van der Waals surface area contributed by atoms with Crippen molar-refractivity contribution >= 4 is 9.84 Å². The SMILES string of the molecule is O=S(=O)(CCC1CCCN1)C1CC1. The third-order valence-electron chi connectivity index (χ3n) is 2.95. The van der Waals surface area contributed by atoms with Crippen molar-refractivity contribution in [3.63, 3.8) is 0 Å². The van der Waals surface area contributed by atoms with Gasteiger partial charge in [-0.25, -0.2) is 8.42 Å². The highest BCUT2D eigenvalue weighted by Crippen LogP contribution is 2.29. The van der Waals surface area contributed by atoms with E-state index < -0.39 is 9.84 Å². The van der Waals surface area contributed by atoms with E-state index in [1.54, 1.807) is 0 Å². The van der Waals surface area contributed by atoms with Gasteiger partial charge in [-0.05, 0) is 38.6 Å². The Kier molecular flexibility index (Phi) is 2.60. The minimum Gasteiger partial charge on any atom is -0.314 e. The van der Waals surface area contributed by atoms with E-state index in [0.29, 0.717) is 11.8 Å². The first-order valence-corrected chi connectivity index (χ1v) is 6.85. The van der Waals surface area contributed by atoms with Crippen molar-refractivity contribution in [2.75, 3.05) is 12.3 Å². The summed E-state index contributed by atoms with van der Waals surface area (Å²) < 4.78 is 23.0. The Hall–Kier alpha value is -0.0900. The molecule has 4 heteroatoms. The molecule has 0 aromatic heterocycles. The Morgan fingerprint density at radius 3 is 2.54 bits per heavy atom. The molecule has 0 aromatic carbocycles. The van der Waals surface area contributed by atoms with Gasteiger partial charge in [0.1, 0.15) is 0 Å². The summed E-state index contributed by atoms with van der Waals surface area (Å²) in [5, 5.41) is 3.35. The summed E-state index contributed by atoms with van der Waals surface area (Å²) in [7, 11) is -2.71. The molecule has 2 aliphatic rings. The van der Waals surface area contributed by atoms with Crippen LogP contribution in [0.25, 0.3) is 0 Å². The molecule has 0 spiro atoms. The maximum atomic E-state index is 11.5. The largest absolute Gasteiger partial charge is 0.314 e. The van der Waals surface area contributed by atoms with Crippen molar-refractivity contribution in [3.05, 3.63) is 0 Å². The van der Waals surface area contributed by atoms with Crippen molar-refractivity contribution in [3.8, 4) is 0 Å². The Morgan fingerprint density at radius 1 is 1.23 bits per heavy atom. The molecule has 0 radical (unpaired) electrons. The molecule has 1 unspecified atom stereocenters. The smallest absolute Gasteiger partial charge is 0.153 e. The van der Waals surface area contributed by atoms with Crippen LogP contribution in [0.4, 0.5) is 0 Å². The van der Waals surface area contributed by atoms with Gasteiger partial charge in [-0.15, -0.1) is 0 Å². The van der Waals surface area contributed by atoms with Gasteiger partial charge >= 0.3 is 0 Å². The lowest BCUT2D eigenvalue weighted by molar-refractivity contribution is 0.561. The van der Waals surface area contributed by atoms with Gasteiger partial charge < -0.3 is 5.32 Å². The predicted molar refractivity (Wildman–Crippen MR) is 52.5 cm³/mol. The number of hydrogen-bond acceptors (Lipinski definition) is 3. The van der Waals surface area contributed by atoms with E-state index in [-0.39, 0.29) is 5.25 Å². The summed E-state index contributed by atoms with van der Waals surface area (Å²) in [5.41, 5.74) is 0. The second-order valence-electron chi connectivity index (χ2n) is 4.15. The van der Waals surface area contributed by atoms with Crippen LogP contribution < -0.4 is 5.32 Å². The number of hydrogen-bond donors (Lipinski definition) is 1. The quantitative estimate of drug-likeness (QED) is 0.732. The maximum Gasteiger partial charge on any atom is 0.153 e. The highest BCUT2D eigenvalue weighted by atomic mass is 32.2. The van der Waals surface area contributed by atoms with Crippen LogP contribution in [0.1, 0.15) is 32.1 Å². The number of nitrogens with one attached hydrogen (secondary N) is 1. The lowest BCUT2D eigenvalue weighted by Gasteiger charge is -2.09. The minimum absolute atomic E-state index is 0.0221. The summed E-state index contributed by atoms with van der Waals surface area (Å²) in [5.74, 6) is 0.398. The summed E-state index contributed by atoms with van der Waals surface area (Å²) in [6.07, 6.45) is 4.98. The zero-order valence-corrected chi connectivity index (χ0v) is 8.65. The molecule has 13 heavy (non-hydrogen) atoms. The molecule has 0 bridgehead atoms. The van der Waals surface area contributed by atoms with E-state index in [1.165, 1.54) is 6.42 Å². The lowest BCUT2D eigenvalue weighted by Crippen LogP contribution is -2.25. The average molecular weight is 203 g/mol. The van der Waals surface area contributed by atoms with E-state index >= 15 is 0 Å². The van der Waals surface area contributed by atoms with Gasteiger partial charge in [0.05, 0.1) is 11.0 Å². The first kappa shape index (κ1) is 9.46. The summed E-state index contributed by atoms with van der Waals surface area (Å²) in [6.45, 7) is 1.06. The monoisotopic (exact) mass is 203 g/mol. The van der Waals surface area contributed by atoms with Crippen LogP contribution in [-0.2, 0) is 9.84 Å². The Morgan fingerprint density at radius 2 is 2.00 bits per heavy atom. The lowest BCUT2D eigenvalue weighted by atomic mass is 10.2. The standard InChI is InChI=1S/C9H17NO2S/c11-13(12,9-3-4-9)7-5-8-2-1-6-10-8/h8-10H,1-7H2. The molecule has 1 saturated carbocycles. The summed E-state index contributed by atoms with van der Waals surface area (Å²) in [4.78, 5) is 0. The molecular formula is C9H17NO2S. The molecule has 2 rings (SSSR count). The normalized spacial score (nSPS) is 29.4. The van der Waals surface area contributed by atoms with Gasteiger partial charge in [0.25, 0.3) is 0 Å². The molecule has 0 amide bonds. The third-order valence-corrected chi connectivity index (χ3v) is 5.24. The summed E-state index contributed by atoms with van der Waals surface area (Å²) >= 11 is 0. The number of rotatable bonds is 4. The molecule has 1 atom stereocenters. The van der Waals surface area contributed by atoms with Crippen LogP contribution in [0.3, 0.4) is 0 Å². The van der Waals surface area contributed by atoms with E-state index in [0.717, 1.165) is 32.2 Å². The molecule has 1 aliphatic carbocycles. The molecular weight excluding hydrogens is 186 g/mol. The van der Waals surface area contributed by atoms with Crippen molar-refractivity contribution in [1.82, 2.24) is 5.32 Å². The maximum absolute atomic E-state index is 11.5. The van der Waals surface area contributed by atoms with Crippen molar-refractivity contribution in [2.24, 2.45) is 0 Å². The number of sulfone groups is 1. The first-order chi connectivity index (χ1) is 6.18. The van der Waals surface area contributed by atoms with E-state index in [4.69, 9.17) is 0 Å². The van der Waals surface area contributed by atoms with Gasteiger partial charge in [0, 0.05) is 6.04 Å². The zero-order valence-electron chi connectivity index (χ0n) is 7.83. The van der Waals surface area contributed by atoms with Crippen molar-refractivity contribution < 1.29 is 8.42 Å². The third kappa shape index (κ3) is 2.44. The second-order valence-corrected chi connectivity index (χ2v) is 6.55. The van der Waals surface area contributed by atoms with Gasteiger partial charge in [-0.2, -0.15) is 0 Å². The topological polar surface area (TPSA) is 46.2 Å². The molecule has 0 aromatic rings. The fraction of sp³-hybridized carbons (Fsp3) is 1.00.